The predicted octanol–water partition coefficient (Wildman–Crippen LogP) is 2.72. The van der Waals surface area contributed by atoms with Gasteiger partial charge >= 0.3 is 0 Å². The SMILES string of the molecule is COc1cc2[nH]c3ccccc3c2cn1. The number of hydrogen-bond acceptors (Lipinski definition) is 2. The van der Waals surface area contributed by atoms with Crippen LogP contribution in [0.25, 0.3) is 21.8 Å². The Morgan fingerprint density at radius 1 is 1.13 bits per heavy atom. The van der Waals surface area contributed by atoms with Gasteiger partial charge in [-0.1, -0.05) is 18.2 Å². The van der Waals surface area contributed by atoms with Crippen LogP contribution < -0.4 is 4.74 Å². The van der Waals surface area contributed by atoms with Crippen LogP contribution in [0.2, 0.25) is 0 Å². The van der Waals surface area contributed by atoms with Gasteiger partial charge in [-0.05, 0) is 6.07 Å². The second kappa shape index (κ2) is 2.98. The highest BCUT2D eigenvalue weighted by molar-refractivity contribution is 6.06. The zero-order valence-corrected chi connectivity index (χ0v) is 8.32. The molecular formula is C12H10N2O. The Bertz CT molecular complexity index is 628. The summed E-state index contributed by atoms with van der Waals surface area (Å²) in [6.45, 7) is 0. The van der Waals surface area contributed by atoms with E-state index < -0.39 is 0 Å². The van der Waals surface area contributed by atoms with E-state index in [-0.39, 0.29) is 0 Å². The van der Waals surface area contributed by atoms with Gasteiger partial charge in [0.05, 0.1) is 12.6 Å². The molecule has 3 heteroatoms. The minimum absolute atomic E-state index is 0.633. The molecule has 0 saturated carbocycles. The van der Waals surface area contributed by atoms with Crippen LogP contribution in [0.15, 0.2) is 36.5 Å². The zero-order valence-electron chi connectivity index (χ0n) is 8.32. The van der Waals surface area contributed by atoms with Gasteiger partial charge in [-0.3, -0.25) is 0 Å². The van der Waals surface area contributed by atoms with E-state index >= 15 is 0 Å². The van der Waals surface area contributed by atoms with E-state index in [0.717, 1.165) is 16.4 Å². The summed E-state index contributed by atoms with van der Waals surface area (Å²) in [4.78, 5) is 7.54. The molecule has 0 amide bonds. The van der Waals surface area contributed by atoms with Crippen molar-refractivity contribution in [1.29, 1.82) is 0 Å². The van der Waals surface area contributed by atoms with E-state index in [1.54, 1.807) is 7.11 Å². The van der Waals surface area contributed by atoms with Crippen molar-refractivity contribution in [1.82, 2.24) is 9.97 Å². The van der Waals surface area contributed by atoms with Gasteiger partial charge < -0.3 is 9.72 Å². The molecule has 74 valence electrons. The predicted molar refractivity (Wildman–Crippen MR) is 60.2 cm³/mol. The summed E-state index contributed by atoms with van der Waals surface area (Å²) >= 11 is 0. The summed E-state index contributed by atoms with van der Waals surface area (Å²) in [6.07, 6.45) is 1.84. The third-order valence-electron chi connectivity index (χ3n) is 2.57. The highest BCUT2D eigenvalue weighted by atomic mass is 16.5. The molecule has 0 fully saturated rings. The Morgan fingerprint density at radius 3 is 2.87 bits per heavy atom. The second-order valence-corrected chi connectivity index (χ2v) is 3.44. The van der Waals surface area contributed by atoms with Crippen molar-refractivity contribution in [2.45, 2.75) is 0 Å². The van der Waals surface area contributed by atoms with Crippen LogP contribution in [0.3, 0.4) is 0 Å². The molecule has 3 aromatic rings. The first-order valence-electron chi connectivity index (χ1n) is 4.79. The van der Waals surface area contributed by atoms with E-state index in [1.807, 2.05) is 24.4 Å². The fraction of sp³-hybridized carbons (Fsp3) is 0.0833. The number of fused-ring (bicyclic) bond motifs is 3. The molecule has 0 aliphatic heterocycles. The molecule has 0 unspecified atom stereocenters. The fourth-order valence-corrected chi connectivity index (χ4v) is 1.84. The smallest absolute Gasteiger partial charge is 0.215 e. The number of ether oxygens (including phenoxy) is 1. The maximum Gasteiger partial charge on any atom is 0.215 e. The number of rotatable bonds is 1. The van der Waals surface area contributed by atoms with Crippen LogP contribution >= 0.6 is 0 Å². The summed E-state index contributed by atoms with van der Waals surface area (Å²) in [5.41, 5.74) is 2.19. The Labute approximate surface area is 86.7 Å². The van der Waals surface area contributed by atoms with Gasteiger partial charge in [-0.25, -0.2) is 4.98 Å². The number of hydrogen-bond donors (Lipinski definition) is 1. The number of nitrogens with zero attached hydrogens (tertiary/aromatic N) is 1. The highest BCUT2D eigenvalue weighted by Gasteiger charge is 2.04. The number of H-pyrrole nitrogens is 1. The Balaban J connectivity index is 2.43. The van der Waals surface area contributed by atoms with E-state index in [2.05, 4.69) is 22.1 Å². The lowest BCUT2D eigenvalue weighted by atomic mass is 10.2. The minimum Gasteiger partial charge on any atom is -0.481 e. The van der Waals surface area contributed by atoms with Crippen LogP contribution in [-0.4, -0.2) is 17.1 Å². The van der Waals surface area contributed by atoms with Crippen molar-refractivity contribution < 1.29 is 4.74 Å². The normalized spacial score (nSPS) is 11.0. The Hall–Kier alpha value is -2.03. The zero-order chi connectivity index (χ0) is 10.3. The second-order valence-electron chi connectivity index (χ2n) is 3.44. The molecule has 0 spiro atoms. The maximum absolute atomic E-state index is 5.09. The lowest BCUT2D eigenvalue weighted by Gasteiger charge is -1.96. The van der Waals surface area contributed by atoms with Crippen LogP contribution in [-0.2, 0) is 0 Å². The fourth-order valence-electron chi connectivity index (χ4n) is 1.84. The van der Waals surface area contributed by atoms with Crippen molar-refractivity contribution in [2.24, 2.45) is 0 Å². The van der Waals surface area contributed by atoms with Gasteiger partial charge in [0, 0.05) is 28.6 Å². The average Bonchev–Trinajstić information content (AvgIpc) is 2.66. The molecule has 0 aliphatic rings. The summed E-state index contributed by atoms with van der Waals surface area (Å²) in [7, 11) is 1.62. The third kappa shape index (κ3) is 1.16. The van der Waals surface area contributed by atoms with Gasteiger partial charge in [0.25, 0.3) is 0 Å². The first-order valence-corrected chi connectivity index (χ1v) is 4.79. The Morgan fingerprint density at radius 2 is 2.00 bits per heavy atom. The molecule has 2 heterocycles. The first-order chi connectivity index (χ1) is 7.38. The molecule has 0 saturated heterocycles. The number of aromatic amines is 1. The lowest BCUT2D eigenvalue weighted by molar-refractivity contribution is 0.398. The van der Waals surface area contributed by atoms with E-state index in [4.69, 9.17) is 4.74 Å². The maximum atomic E-state index is 5.09. The van der Waals surface area contributed by atoms with Crippen molar-refractivity contribution in [2.75, 3.05) is 7.11 Å². The molecule has 3 nitrogen and oxygen atoms in total. The summed E-state index contributed by atoms with van der Waals surface area (Å²) in [5.74, 6) is 0.633. The molecule has 1 aromatic carbocycles. The topological polar surface area (TPSA) is 37.9 Å². The van der Waals surface area contributed by atoms with Crippen molar-refractivity contribution in [3.8, 4) is 5.88 Å². The van der Waals surface area contributed by atoms with Gasteiger partial charge in [0.1, 0.15) is 0 Å². The number of para-hydroxylation sites is 1. The number of aromatic nitrogens is 2. The molecule has 2 aromatic heterocycles. The average molecular weight is 198 g/mol. The van der Waals surface area contributed by atoms with Crippen LogP contribution in [0.1, 0.15) is 0 Å². The van der Waals surface area contributed by atoms with Crippen LogP contribution in [0, 0.1) is 0 Å². The summed E-state index contributed by atoms with van der Waals surface area (Å²) < 4.78 is 5.09. The van der Waals surface area contributed by atoms with Gasteiger partial charge in [-0.2, -0.15) is 0 Å². The van der Waals surface area contributed by atoms with Crippen LogP contribution in [0.5, 0.6) is 5.88 Å². The monoisotopic (exact) mass is 198 g/mol. The molecule has 0 bridgehead atoms. The standard InChI is InChI=1S/C12H10N2O/c1-15-12-6-11-9(7-13-12)8-4-2-3-5-10(8)14-11/h2-7,14H,1H3. The molecule has 0 atom stereocenters. The largest absolute Gasteiger partial charge is 0.481 e. The summed E-state index contributed by atoms with van der Waals surface area (Å²) in [6, 6.07) is 10.1. The molecule has 1 N–H and O–H groups in total. The molecule has 0 radical (unpaired) electrons. The van der Waals surface area contributed by atoms with Crippen molar-refractivity contribution >= 4 is 21.8 Å². The highest BCUT2D eigenvalue weighted by Crippen LogP contribution is 2.26. The van der Waals surface area contributed by atoms with Gasteiger partial charge in [-0.15, -0.1) is 0 Å². The van der Waals surface area contributed by atoms with Crippen molar-refractivity contribution in [3.05, 3.63) is 36.5 Å². The van der Waals surface area contributed by atoms with E-state index in [1.165, 1.54) is 5.39 Å². The molecule has 0 aliphatic carbocycles. The lowest BCUT2D eigenvalue weighted by Crippen LogP contribution is -1.85. The van der Waals surface area contributed by atoms with Gasteiger partial charge in [0.15, 0.2) is 0 Å². The number of methoxy groups -OCH3 is 1. The quantitative estimate of drug-likeness (QED) is 0.652. The molecule has 3 rings (SSSR count). The number of benzene rings is 1. The third-order valence-corrected chi connectivity index (χ3v) is 2.57. The van der Waals surface area contributed by atoms with E-state index in [0.29, 0.717) is 5.88 Å². The van der Waals surface area contributed by atoms with Gasteiger partial charge in [0.2, 0.25) is 5.88 Å². The van der Waals surface area contributed by atoms with Crippen molar-refractivity contribution in [3.63, 3.8) is 0 Å². The Kier molecular flexibility index (Phi) is 1.65. The number of pyridine rings is 1. The molecule has 15 heavy (non-hydrogen) atoms. The molecular weight excluding hydrogens is 188 g/mol. The first kappa shape index (κ1) is 8.29. The number of nitrogens with one attached hydrogen (secondary N) is 1. The van der Waals surface area contributed by atoms with Crippen LogP contribution in [0.4, 0.5) is 0 Å². The van der Waals surface area contributed by atoms with E-state index in [9.17, 15) is 0 Å². The summed E-state index contributed by atoms with van der Waals surface area (Å²) in [5, 5.41) is 2.33. The minimum atomic E-state index is 0.633.